The topological polar surface area (TPSA) is 49.4 Å². The van der Waals surface area contributed by atoms with E-state index in [-0.39, 0.29) is 21.9 Å². The van der Waals surface area contributed by atoms with Crippen molar-refractivity contribution < 1.29 is 8.42 Å². The fraction of sp³-hybridized carbons (Fsp3) is 0.250. The van der Waals surface area contributed by atoms with Crippen molar-refractivity contribution in [3.63, 3.8) is 0 Å². The zero-order valence-corrected chi connectivity index (χ0v) is 21.4. The Morgan fingerprint density at radius 1 is 0.848 bits per heavy atom. The molecule has 1 aliphatic heterocycles. The Labute approximate surface area is 214 Å². The molecule has 2 unspecified atom stereocenters. The Morgan fingerprint density at radius 3 is 2.24 bits per heavy atom. The molecule has 3 aromatic rings. The number of hydrogen-bond donors (Lipinski definition) is 1. The standard InChI is InChI=1S/C24H22Cl4N2O2S/c25-17-6-9-19(10-7-17)30-15-16(5-12-23(30)20-11-8-18(26)13-22(20)28)14-29-33(31,32)24-4-2-1-3-21(24)27/h1-4,6-11,13,16,23,29H,5,12,14-15H2. The second kappa shape index (κ2) is 10.4. The normalized spacial score (nSPS) is 19.0. The van der Waals surface area contributed by atoms with Gasteiger partial charge in [-0.25, -0.2) is 13.1 Å². The second-order valence-electron chi connectivity index (χ2n) is 8.04. The van der Waals surface area contributed by atoms with Crippen LogP contribution in [0.4, 0.5) is 5.69 Å². The molecule has 4 nitrogen and oxygen atoms in total. The summed E-state index contributed by atoms with van der Waals surface area (Å²) in [5.74, 6) is 0.0975. The van der Waals surface area contributed by atoms with E-state index < -0.39 is 10.0 Å². The third-order valence-corrected chi connectivity index (χ3v) is 8.59. The molecule has 1 heterocycles. The molecule has 0 radical (unpaired) electrons. The zero-order valence-electron chi connectivity index (χ0n) is 17.5. The van der Waals surface area contributed by atoms with Gasteiger partial charge in [-0.3, -0.25) is 0 Å². The number of anilines is 1. The summed E-state index contributed by atoms with van der Waals surface area (Å²) in [5, 5.41) is 2.06. The molecular formula is C24H22Cl4N2O2S. The summed E-state index contributed by atoms with van der Waals surface area (Å²) in [7, 11) is -3.71. The molecule has 1 fully saturated rings. The maximum atomic E-state index is 12.8. The number of hydrogen-bond acceptors (Lipinski definition) is 3. The SMILES string of the molecule is O=S(=O)(NCC1CCC(c2ccc(Cl)cc2Cl)N(c2ccc(Cl)cc2)C1)c1ccccc1Cl. The highest BCUT2D eigenvalue weighted by atomic mass is 35.5. The number of sulfonamides is 1. The summed E-state index contributed by atoms with van der Waals surface area (Å²) >= 11 is 24.9. The van der Waals surface area contributed by atoms with Crippen LogP contribution >= 0.6 is 46.4 Å². The van der Waals surface area contributed by atoms with Crippen molar-refractivity contribution >= 4 is 62.1 Å². The Bertz CT molecular complexity index is 1240. The van der Waals surface area contributed by atoms with Gasteiger partial charge in [0.15, 0.2) is 0 Å². The first-order valence-electron chi connectivity index (χ1n) is 10.5. The smallest absolute Gasteiger partial charge is 0.242 e. The maximum absolute atomic E-state index is 12.8. The fourth-order valence-corrected chi connectivity index (χ4v) is 6.49. The van der Waals surface area contributed by atoms with Crippen molar-refractivity contribution in [1.82, 2.24) is 4.72 Å². The van der Waals surface area contributed by atoms with Crippen LogP contribution in [0.5, 0.6) is 0 Å². The van der Waals surface area contributed by atoms with E-state index >= 15 is 0 Å². The number of nitrogens with zero attached hydrogens (tertiary/aromatic N) is 1. The lowest BCUT2D eigenvalue weighted by atomic mass is 9.88. The van der Waals surface area contributed by atoms with Crippen molar-refractivity contribution in [2.24, 2.45) is 5.92 Å². The van der Waals surface area contributed by atoms with Crippen molar-refractivity contribution in [2.75, 3.05) is 18.0 Å². The van der Waals surface area contributed by atoms with Gasteiger partial charge >= 0.3 is 0 Å². The molecule has 0 aromatic heterocycles. The summed E-state index contributed by atoms with van der Waals surface area (Å²) in [6.07, 6.45) is 1.64. The van der Waals surface area contributed by atoms with Crippen LogP contribution in [0, 0.1) is 5.92 Å². The lowest BCUT2D eigenvalue weighted by molar-refractivity contribution is 0.358. The van der Waals surface area contributed by atoms with Crippen LogP contribution in [-0.4, -0.2) is 21.5 Å². The average molecular weight is 544 g/mol. The molecule has 3 aromatic carbocycles. The molecule has 0 bridgehead atoms. The molecule has 1 N–H and O–H groups in total. The minimum atomic E-state index is -3.71. The minimum Gasteiger partial charge on any atom is -0.364 e. The number of halogens is 4. The summed E-state index contributed by atoms with van der Waals surface area (Å²) in [5.41, 5.74) is 1.99. The van der Waals surface area contributed by atoms with E-state index in [0.29, 0.717) is 28.2 Å². The monoisotopic (exact) mass is 542 g/mol. The third kappa shape index (κ3) is 5.79. The summed E-state index contributed by atoms with van der Waals surface area (Å²) in [4.78, 5) is 2.34. The van der Waals surface area contributed by atoms with E-state index in [1.165, 1.54) is 6.07 Å². The highest BCUT2D eigenvalue weighted by Gasteiger charge is 2.32. The van der Waals surface area contributed by atoms with Gasteiger partial charge < -0.3 is 4.90 Å². The first kappa shape index (κ1) is 24.6. The molecule has 2 atom stereocenters. The predicted molar refractivity (Wildman–Crippen MR) is 137 cm³/mol. The maximum Gasteiger partial charge on any atom is 0.242 e. The van der Waals surface area contributed by atoms with Gasteiger partial charge in [0, 0.05) is 33.8 Å². The molecule has 0 amide bonds. The van der Waals surface area contributed by atoms with Crippen LogP contribution in [-0.2, 0) is 10.0 Å². The van der Waals surface area contributed by atoms with Crippen LogP contribution in [0.3, 0.4) is 0 Å². The molecule has 0 aliphatic carbocycles. The van der Waals surface area contributed by atoms with Crippen LogP contribution < -0.4 is 9.62 Å². The molecule has 0 spiro atoms. The number of piperidine rings is 1. The van der Waals surface area contributed by atoms with Crippen molar-refractivity contribution in [1.29, 1.82) is 0 Å². The lowest BCUT2D eigenvalue weighted by Gasteiger charge is -2.42. The lowest BCUT2D eigenvalue weighted by Crippen LogP contribution is -2.42. The van der Waals surface area contributed by atoms with Crippen LogP contribution in [0.2, 0.25) is 20.1 Å². The summed E-state index contributed by atoms with van der Waals surface area (Å²) in [6.45, 7) is 0.953. The minimum absolute atomic E-state index is 0.0346. The Kier molecular flexibility index (Phi) is 7.79. The molecule has 174 valence electrons. The van der Waals surface area contributed by atoms with Crippen molar-refractivity contribution in [2.45, 2.75) is 23.8 Å². The van der Waals surface area contributed by atoms with E-state index in [9.17, 15) is 8.42 Å². The van der Waals surface area contributed by atoms with E-state index in [2.05, 4.69) is 9.62 Å². The largest absolute Gasteiger partial charge is 0.364 e. The molecule has 33 heavy (non-hydrogen) atoms. The highest BCUT2D eigenvalue weighted by Crippen LogP contribution is 2.40. The van der Waals surface area contributed by atoms with Gasteiger partial charge in [-0.05, 0) is 72.9 Å². The van der Waals surface area contributed by atoms with Gasteiger partial charge in [-0.2, -0.15) is 0 Å². The van der Waals surface area contributed by atoms with Crippen LogP contribution in [0.15, 0.2) is 71.6 Å². The zero-order chi connectivity index (χ0) is 23.6. The Hall–Kier alpha value is -1.47. The van der Waals surface area contributed by atoms with Crippen molar-refractivity contribution in [3.05, 3.63) is 92.4 Å². The molecule has 0 saturated carbocycles. The first-order chi connectivity index (χ1) is 15.7. The van der Waals surface area contributed by atoms with Crippen molar-refractivity contribution in [3.8, 4) is 0 Å². The van der Waals surface area contributed by atoms with Gasteiger partial charge in [-0.1, -0.05) is 64.6 Å². The van der Waals surface area contributed by atoms with Gasteiger partial charge in [0.2, 0.25) is 10.0 Å². The fourth-order valence-electron chi connectivity index (χ4n) is 4.19. The van der Waals surface area contributed by atoms with E-state index in [0.717, 1.165) is 24.1 Å². The molecule has 1 aliphatic rings. The van der Waals surface area contributed by atoms with Gasteiger partial charge in [-0.15, -0.1) is 0 Å². The summed E-state index contributed by atoms with van der Waals surface area (Å²) in [6, 6.07) is 19.6. The Morgan fingerprint density at radius 2 is 1.55 bits per heavy atom. The molecule has 9 heteroatoms. The van der Waals surface area contributed by atoms with E-state index in [1.54, 1.807) is 24.3 Å². The predicted octanol–water partition coefficient (Wildman–Crippen LogP) is 7.24. The summed E-state index contributed by atoms with van der Waals surface area (Å²) < 4.78 is 28.3. The van der Waals surface area contributed by atoms with E-state index in [1.807, 2.05) is 36.4 Å². The molecule has 1 saturated heterocycles. The van der Waals surface area contributed by atoms with Gasteiger partial charge in [0.25, 0.3) is 0 Å². The van der Waals surface area contributed by atoms with E-state index in [4.69, 9.17) is 46.4 Å². The van der Waals surface area contributed by atoms with Crippen LogP contribution in [0.1, 0.15) is 24.4 Å². The molecular weight excluding hydrogens is 522 g/mol. The van der Waals surface area contributed by atoms with Gasteiger partial charge in [0.1, 0.15) is 4.90 Å². The number of benzene rings is 3. The average Bonchev–Trinajstić information content (AvgIpc) is 2.79. The highest BCUT2D eigenvalue weighted by molar-refractivity contribution is 7.89. The quantitative estimate of drug-likeness (QED) is 0.356. The first-order valence-corrected chi connectivity index (χ1v) is 13.5. The van der Waals surface area contributed by atoms with Gasteiger partial charge in [0.05, 0.1) is 11.1 Å². The third-order valence-electron chi connectivity index (χ3n) is 5.85. The Balaban J connectivity index is 1.56. The number of nitrogens with one attached hydrogen (secondary N) is 1. The molecule has 4 rings (SSSR count). The van der Waals surface area contributed by atoms with Crippen LogP contribution in [0.25, 0.3) is 0 Å². The number of rotatable bonds is 6. The second-order valence-corrected chi connectivity index (χ2v) is 11.5.